The van der Waals surface area contributed by atoms with Gasteiger partial charge in [-0.3, -0.25) is 9.35 Å². The van der Waals surface area contributed by atoms with Gasteiger partial charge in [-0.25, -0.2) is 4.18 Å². The average Bonchev–Trinajstić information content (AvgIpc) is 2.91. The highest BCUT2D eigenvalue weighted by Gasteiger charge is 2.48. The van der Waals surface area contributed by atoms with Crippen LogP contribution in [0, 0.1) is 0 Å². The number of aliphatic hydroxyl groups excluding tert-OH is 3. The molecule has 0 radical (unpaired) electrons. The normalized spacial score (nSPS) is 24.4. The molecule has 0 saturated carbocycles. The van der Waals surface area contributed by atoms with Crippen LogP contribution in [0.4, 0.5) is 0 Å². The first kappa shape index (κ1) is 36.9. The van der Waals surface area contributed by atoms with Crippen molar-refractivity contribution < 1.29 is 56.2 Å². The number of esters is 1. The molecular formula is C27H50O12S. The third-order valence-corrected chi connectivity index (χ3v) is 6.91. The van der Waals surface area contributed by atoms with Gasteiger partial charge in [-0.1, -0.05) is 64.5 Å². The van der Waals surface area contributed by atoms with Crippen LogP contribution in [-0.2, 0) is 38.3 Å². The SMILES string of the molecule is CCCCC/C=C\CCCCCCCCOCC(COC1OC(CO)C(O)C(OS(=O)(=O)O)C1O)OC(=O)CC. The molecular weight excluding hydrogens is 548 g/mol. The molecule has 40 heavy (non-hydrogen) atoms. The van der Waals surface area contributed by atoms with Crippen molar-refractivity contribution in [1.29, 1.82) is 0 Å². The average molecular weight is 599 g/mol. The Morgan fingerprint density at radius 3 is 2.15 bits per heavy atom. The van der Waals surface area contributed by atoms with E-state index in [1.807, 2.05) is 0 Å². The molecule has 236 valence electrons. The fourth-order valence-corrected chi connectivity index (χ4v) is 4.68. The number of hydrogen-bond acceptors (Lipinski definition) is 11. The molecule has 0 amide bonds. The van der Waals surface area contributed by atoms with Crippen LogP contribution >= 0.6 is 0 Å². The van der Waals surface area contributed by atoms with E-state index in [1.54, 1.807) is 6.92 Å². The summed E-state index contributed by atoms with van der Waals surface area (Å²) in [6.45, 7) is 3.30. The predicted octanol–water partition coefficient (Wildman–Crippen LogP) is 2.84. The van der Waals surface area contributed by atoms with E-state index < -0.39 is 59.8 Å². The topological polar surface area (TPSA) is 178 Å². The zero-order valence-electron chi connectivity index (χ0n) is 23.9. The minimum Gasteiger partial charge on any atom is -0.457 e. The van der Waals surface area contributed by atoms with Crippen LogP contribution in [0.15, 0.2) is 12.2 Å². The van der Waals surface area contributed by atoms with Crippen molar-refractivity contribution in [2.45, 2.75) is 128 Å². The van der Waals surface area contributed by atoms with Crippen LogP contribution in [-0.4, -0.2) is 97.5 Å². The number of aliphatic hydroxyl groups is 3. The quantitative estimate of drug-likeness (QED) is 0.0586. The lowest BCUT2D eigenvalue weighted by molar-refractivity contribution is -0.301. The van der Waals surface area contributed by atoms with Gasteiger partial charge < -0.3 is 34.3 Å². The fourth-order valence-electron chi connectivity index (χ4n) is 4.17. The Hall–Kier alpha value is -1.16. The van der Waals surface area contributed by atoms with E-state index in [9.17, 15) is 28.5 Å². The number of unbranched alkanes of at least 4 members (excludes halogenated alkanes) is 9. The molecule has 0 aromatic heterocycles. The molecule has 1 fully saturated rings. The Bertz CT molecular complexity index is 790. The van der Waals surface area contributed by atoms with Gasteiger partial charge in [0.15, 0.2) is 6.29 Å². The standard InChI is InChI=1S/C27H50O12S/c1-3-5-6-7-8-9-10-11-12-13-14-15-16-17-35-19-21(37-23(29)4-2)20-36-27-25(31)26(39-40(32,33)34)24(30)22(18-28)38-27/h8-9,21-22,24-28,30-31H,3-7,10-20H2,1-2H3,(H,32,33,34)/b9-8-. The molecule has 13 heteroatoms. The monoisotopic (exact) mass is 598 g/mol. The van der Waals surface area contributed by atoms with Crippen molar-refractivity contribution >= 4 is 16.4 Å². The van der Waals surface area contributed by atoms with Crippen LogP contribution in [0.2, 0.25) is 0 Å². The molecule has 1 heterocycles. The van der Waals surface area contributed by atoms with Crippen LogP contribution in [0.5, 0.6) is 0 Å². The van der Waals surface area contributed by atoms with Gasteiger partial charge in [-0.05, 0) is 32.1 Å². The molecule has 1 aliphatic heterocycles. The molecule has 1 aliphatic rings. The van der Waals surface area contributed by atoms with Crippen molar-refractivity contribution in [3.63, 3.8) is 0 Å². The summed E-state index contributed by atoms with van der Waals surface area (Å²) in [7, 11) is -5.03. The first-order chi connectivity index (χ1) is 19.1. The van der Waals surface area contributed by atoms with Gasteiger partial charge in [0.2, 0.25) is 0 Å². The molecule has 0 aromatic carbocycles. The summed E-state index contributed by atoms with van der Waals surface area (Å²) in [6, 6.07) is 0. The van der Waals surface area contributed by atoms with Gasteiger partial charge in [0.1, 0.15) is 30.5 Å². The minimum atomic E-state index is -5.03. The maximum absolute atomic E-state index is 11.8. The van der Waals surface area contributed by atoms with E-state index in [4.69, 9.17) is 23.5 Å². The summed E-state index contributed by atoms with van der Waals surface area (Å²) in [4.78, 5) is 11.8. The number of hydrogen-bond donors (Lipinski definition) is 4. The van der Waals surface area contributed by atoms with Gasteiger partial charge >= 0.3 is 16.4 Å². The summed E-state index contributed by atoms with van der Waals surface area (Å²) >= 11 is 0. The lowest BCUT2D eigenvalue weighted by Gasteiger charge is -2.41. The Morgan fingerprint density at radius 2 is 1.55 bits per heavy atom. The fraction of sp³-hybridized carbons (Fsp3) is 0.889. The van der Waals surface area contributed by atoms with E-state index in [0.29, 0.717) is 6.61 Å². The Labute approximate surface area is 238 Å². The van der Waals surface area contributed by atoms with Crippen molar-refractivity contribution in [2.75, 3.05) is 26.4 Å². The number of carbonyl (C=O) groups is 1. The van der Waals surface area contributed by atoms with Gasteiger partial charge in [0.05, 0.1) is 19.8 Å². The van der Waals surface area contributed by atoms with Crippen molar-refractivity contribution in [3.8, 4) is 0 Å². The zero-order valence-corrected chi connectivity index (χ0v) is 24.7. The molecule has 0 aromatic rings. The first-order valence-corrected chi connectivity index (χ1v) is 15.8. The zero-order chi connectivity index (χ0) is 29.8. The molecule has 0 aliphatic carbocycles. The second-order valence-corrected chi connectivity index (χ2v) is 11.0. The van der Waals surface area contributed by atoms with Crippen LogP contribution in [0.25, 0.3) is 0 Å². The van der Waals surface area contributed by atoms with Crippen LogP contribution < -0.4 is 0 Å². The van der Waals surface area contributed by atoms with Gasteiger partial charge in [-0.15, -0.1) is 0 Å². The van der Waals surface area contributed by atoms with Gasteiger partial charge in [0, 0.05) is 13.0 Å². The number of rotatable bonds is 23. The van der Waals surface area contributed by atoms with Crippen LogP contribution in [0.1, 0.15) is 90.9 Å². The van der Waals surface area contributed by atoms with Crippen LogP contribution in [0.3, 0.4) is 0 Å². The Balaban J connectivity index is 2.37. The van der Waals surface area contributed by atoms with E-state index in [0.717, 1.165) is 25.7 Å². The molecule has 6 unspecified atom stereocenters. The second-order valence-electron chi connectivity index (χ2n) is 9.95. The number of allylic oxidation sites excluding steroid dienone is 2. The molecule has 1 saturated heterocycles. The maximum atomic E-state index is 11.8. The highest BCUT2D eigenvalue weighted by molar-refractivity contribution is 7.80. The largest absolute Gasteiger partial charge is 0.457 e. The highest BCUT2D eigenvalue weighted by atomic mass is 32.3. The van der Waals surface area contributed by atoms with Crippen molar-refractivity contribution in [3.05, 3.63) is 12.2 Å². The molecule has 12 nitrogen and oxygen atoms in total. The number of ether oxygens (including phenoxy) is 4. The van der Waals surface area contributed by atoms with Gasteiger partial charge in [0.25, 0.3) is 0 Å². The van der Waals surface area contributed by atoms with E-state index in [2.05, 4.69) is 23.3 Å². The summed E-state index contributed by atoms with van der Waals surface area (Å²) in [6.07, 6.45) is 8.15. The summed E-state index contributed by atoms with van der Waals surface area (Å²) in [5.74, 6) is -0.491. The minimum absolute atomic E-state index is 0.0240. The smallest absolute Gasteiger partial charge is 0.397 e. The second kappa shape index (κ2) is 21.5. The highest BCUT2D eigenvalue weighted by Crippen LogP contribution is 2.25. The van der Waals surface area contributed by atoms with Gasteiger partial charge in [-0.2, -0.15) is 8.42 Å². The number of carbonyl (C=O) groups excluding carboxylic acids is 1. The maximum Gasteiger partial charge on any atom is 0.397 e. The lowest BCUT2D eigenvalue weighted by atomic mass is 9.99. The van der Waals surface area contributed by atoms with E-state index in [-0.39, 0.29) is 19.6 Å². The van der Waals surface area contributed by atoms with Crippen molar-refractivity contribution in [1.82, 2.24) is 0 Å². The molecule has 4 N–H and O–H groups in total. The lowest BCUT2D eigenvalue weighted by Crippen LogP contribution is -2.60. The van der Waals surface area contributed by atoms with E-state index in [1.165, 1.54) is 44.9 Å². The first-order valence-electron chi connectivity index (χ1n) is 14.4. The predicted molar refractivity (Wildman–Crippen MR) is 147 cm³/mol. The summed E-state index contributed by atoms with van der Waals surface area (Å²) in [5.41, 5.74) is 0. The molecule has 6 atom stereocenters. The molecule has 0 bridgehead atoms. The molecule has 1 rings (SSSR count). The molecule has 0 spiro atoms. The summed E-state index contributed by atoms with van der Waals surface area (Å²) in [5, 5.41) is 29.9. The van der Waals surface area contributed by atoms with Crippen molar-refractivity contribution in [2.24, 2.45) is 0 Å². The van der Waals surface area contributed by atoms with E-state index >= 15 is 0 Å². The summed E-state index contributed by atoms with van der Waals surface area (Å²) < 4.78 is 57.4. The third-order valence-electron chi connectivity index (χ3n) is 6.44. The Morgan fingerprint density at radius 1 is 0.925 bits per heavy atom. The third kappa shape index (κ3) is 16.3. The Kier molecular flexibility index (Phi) is 19.8.